The zero-order valence-corrected chi connectivity index (χ0v) is 18.6. The fourth-order valence-corrected chi connectivity index (χ4v) is 4.22. The number of carbonyl (C=O) groups is 1. The maximum atomic E-state index is 14.7. The molecule has 5 rings (SSSR count). The smallest absolute Gasteiger partial charge is 0.274 e. The minimum Gasteiger partial charge on any atom is -0.373 e. The third kappa shape index (κ3) is 4.15. The number of nitrogens with zero attached hydrogens (tertiary/aromatic N) is 5. The Hall–Kier alpha value is -3.47. The summed E-state index contributed by atoms with van der Waals surface area (Å²) in [4.78, 5) is 32.3. The Morgan fingerprint density at radius 1 is 1.27 bits per heavy atom. The maximum absolute atomic E-state index is 14.7. The second-order valence-corrected chi connectivity index (χ2v) is 8.71. The highest BCUT2D eigenvalue weighted by molar-refractivity contribution is 6.00. The minimum absolute atomic E-state index is 0.208. The van der Waals surface area contributed by atoms with Gasteiger partial charge in [0.15, 0.2) is 5.65 Å². The van der Waals surface area contributed by atoms with Gasteiger partial charge in [0.25, 0.3) is 11.5 Å². The van der Waals surface area contributed by atoms with Crippen LogP contribution in [0.5, 0.6) is 0 Å². The number of pyridine rings is 1. The lowest BCUT2D eigenvalue weighted by atomic mass is 10.0. The number of nitrogens with one attached hydrogen (secondary N) is 3. The zero-order valence-electron chi connectivity index (χ0n) is 18.6. The largest absolute Gasteiger partial charge is 0.373 e. The molecule has 2 atom stereocenters. The summed E-state index contributed by atoms with van der Waals surface area (Å²) in [5.74, 6) is 0.753. The van der Waals surface area contributed by atoms with Crippen molar-refractivity contribution in [3.63, 3.8) is 0 Å². The molecule has 4 heterocycles. The van der Waals surface area contributed by atoms with Gasteiger partial charge in [-0.25, -0.2) is 9.37 Å². The second kappa shape index (κ2) is 8.47. The first kappa shape index (κ1) is 21.4. The number of anilines is 3. The van der Waals surface area contributed by atoms with Gasteiger partial charge in [-0.1, -0.05) is 0 Å². The van der Waals surface area contributed by atoms with Crippen molar-refractivity contribution < 1.29 is 9.18 Å². The molecule has 1 amide bonds. The summed E-state index contributed by atoms with van der Waals surface area (Å²) in [7, 11) is 3.61. The average molecular weight is 455 g/mol. The fourth-order valence-electron chi connectivity index (χ4n) is 4.22. The van der Waals surface area contributed by atoms with Crippen molar-refractivity contribution in [3.05, 3.63) is 46.5 Å². The van der Waals surface area contributed by atoms with Gasteiger partial charge in [-0.05, 0) is 38.4 Å². The van der Waals surface area contributed by atoms with Gasteiger partial charge < -0.3 is 25.4 Å². The van der Waals surface area contributed by atoms with E-state index in [1.807, 2.05) is 11.9 Å². The van der Waals surface area contributed by atoms with Crippen LogP contribution in [0.2, 0.25) is 0 Å². The summed E-state index contributed by atoms with van der Waals surface area (Å²) >= 11 is 0. The van der Waals surface area contributed by atoms with Gasteiger partial charge in [-0.15, -0.1) is 0 Å². The van der Waals surface area contributed by atoms with Crippen molar-refractivity contribution in [3.8, 4) is 0 Å². The highest BCUT2D eigenvalue weighted by Gasteiger charge is 2.30. The van der Waals surface area contributed by atoms with E-state index in [0.717, 1.165) is 19.4 Å². The van der Waals surface area contributed by atoms with Crippen LogP contribution in [0.1, 0.15) is 35.7 Å². The molecule has 174 valence electrons. The Morgan fingerprint density at radius 2 is 2.09 bits per heavy atom. The number of alkyl halides is 1. The first-order valence-electron chi connectivity index (χ1n) is 11.1. The molecule has 3 N–H and O–H groups in total. The van der Waals surface area contributed by atoms with E-state index in [1.54, 1.807) is 36.0 Å². The first-order valence-corrected chi connectivity index (χ1v) is 11.1. The molecule has 1 aliphatic carbocycles. The molecule has 10 nitrogen and oxygen atoms in total. The number of piperidine rings is 1. The third-order valence-corrected chi connectivity index (χ3v) is 6.19. The van der Waals surface area contributed by atoms with Crippen molar-refractivity contribution in [1.82, 2.24) is 29.4 Å². The van der Waals surface area contributed by atoms with Crippen LogP contribution < -0.4 is 21.5 Å². The van der Waals surface area contributed by atoms with Crippen LogP contribution in [0.25, 0.3) is 5.65 Å². The van der Waals surface area contributed by atoms with Crippen LogP contribution in [0.3, 0.4) is 0 Å². The van der Waals surface area contributed by atoms with Crippen LogP contribution in [0.15, 0.2) is 35.4 Å². The molecule has 1 saturated heterocycles. The molecule has 0 radical (unpaired) electrons. The molecule has 11 heteroatoms. The molecule has 2 aliphatic rings. The third-order valence-electron chi connectivity index (χ3n) is 6.19. The molecule has 3 aromatic heterocycles. The van der Waals surface area contributed by atoms with Crippen molar-refractivity contribution in [2.75, 3.05) is 37.8 Å². The molecule has 33 heavy (non-hydrogen) atoms. The van der Waals surface area contributed by atoms with Gasteiger partial charge in [0, 0.05) is 38.4 Å². The molecule has 1 saturated carbocycles. The number of fused-ring (bicyclic) bond motifs is 1. The van der Waals surface area contributed by atoms with Gasteiger partial charge in [-0.3, -0.25) is 9.59 Å². The van der Waals surface area contributed by atoms with E-state index in [2.05, 4.69) is 26.0 Å². The summed E-state index contributed by atoms with van der Waals surface area (Å²) in [5.41, 5.74) is 0.700. The van der Waals surface area contributed by atoms with Gasteiger partial charge in [-0.2, -0.15) is 9.61 Å². The van der Waals surface area contributed by atoms with E-state index in [9.17, 15) is 14.0 Å². The fraction of sp³-hybridized carbons (Fsp3) is 0.455. The van der Waals surface area contributed by atoms with E-state index >= 15 is 0 Å². The first-order chi connectivity index (χ1) is 15.9. The van der Waals surface area contributed by atoms with Crippen molar-refractivity contribution >= 4 is 28.9 Å². The Morgan fingerprint density at radius 3 is 2.82 bits per heavy atom. The second-order valence-electron chi connectivity index (χ2n) is 8.71. The topological polar surface area (TPSA) is 109 Å². The molecular formula is C22H27FN8O2. The number of likely N-dealkylation sites (tertiary alicyclic amines) is 1. The number of aromatic nitrogens is 4. The Labute approximate surface area is 189 Å². The maximum Gasteiger partial charge on any atom is 0.274 e. The lowest BCUT2D eigenvalue weighted by Gasteiger charge is -2.33. The van der Waals surface area contributed by atoms with Gasteiger partial charge in [0.2, 0.25) is 0 Å². The average Bonchev–Trinajstić information content (AvgIpc) is 3.50. The van der Waals surface area contributed by atoms with Crippen molar-refractivity contribution in [1.29, 1.82) is 0 Å². The summed E-state index contributed by atoms with van der Waals surface area (Å²) in [6.07, 6.45) is 4.50. The Bertz CT molecular complexity index is 1250. The van der Waals surface area contributed by atoms with Crippen LogP contribution >= 0.6 is 0 Å². The molecular weight excluding hydrogens is 427 g/mol. The number of hydrogen-bond donors (Lipinski definition) is 3. The van der Waals surface area contributed by atoms with E-state index in [1.165, 1.54) is 10.8 Å². The van der Waals surface area contributed by atoms with Crippen molar-refractivity contribution in [2.45, 2.75) is 37.5 Å². The number of carbonyl (C=O) groups excluding carboxylic acids is 1. The van der Waals surface area contributed by atoms with E-state index < -0.39 is 12.2 Å². The molecule has 0 bridgehead atoms. The van der Waals surface area contributed by atoms with Crippen molar-refractivity contribution in [2.24, 2.45) is 0 Å². The number of rotatable bonds is 6. The molecule has 0 unspecified atom stereocenters. The van der Waals surface area contributed by atoms with Crippen LogP contribution in [-0.4, -0.2) is 69.4 Å². The van der Waals surface area contributed by atoms with E-state index in [0.29, 0.717) is 35.8 Å². The lowest BCUT2D eigenvalue weighted by molar-refractivity contribution is 0.0952. The number of amides is 1. The SMILES string of the molecule is CNc1cc(Nc2cccn([C@@H]3CCN(C)C[C@@H]3F)c2=O)nc2c(C(=O)NC3CC3)cnn12. The van der Waals surface area contributed by atoms with Gasteiger partial charge in [0.1, 0.15) is 29.1 Å². The zero-order chi connectivity index (χ0) is 23.1. The molecule has 2 fully saturated rings. The Balaban J connectivity index is 1.47. The quantitative estimate of drug-likeness (QED) is 0.521. The van der Waals surface area contributed by atoms with Gasteiger partial charge in [0.05, 0.1) is 12.2 Å². The standard InChI is InChI=1S/C22H27FN8O2/c1-24-19-10-18(28-20-14(11-25-31(19)20)21(32)26-13-5-6-13)27-16-4-3-8-30(22(16)33)17-7-9-29(2)12-15(17)23/h3-4,8,10-11,13,15,17,24H,5-7,9,12H2,1-2H3,(H,26,32)(H,27,28)/t15-,17+/m0/s1. The lowest BCUT2D eigenvalue weighted by Crippen LogP contribution is -2.43. The van der Waals surface area contributed by atoms with Crippen LogP contribution in [0.4, 0.5) is 21.7 Å². The Kier molecular flexibility index (Phi) is 5.49. The summed E-state index contributed by atoms with van der Waals surface area (Å²) in [6, 6.07) is 4.76. The molecule has 3 aromatic rings. The van der Waals surface area contributed by atoms with Crippen LogP contribution in [0, 0.1) is 0 Å². The molecule has 1 aliphatic heterocycles. The number of halogens is 1. The normalized spacial score (nSPS) is 21.2. The van der Waals surface area contributed by atoms with Gasteiger partial charge >= 0.3 is 0 Å². The molecule has 0 aromatic carbocycles. The van der Waals surface area contributed by atoms with E-state index in [-0.39, 0.29) is 23.2 Å². The minimum atomic E-state index is -1.12. The molecule has 0 spiro atoms. The highest BCUT2D eigenvalue weighted by atomic mass is 19.1. The predicted octanol–water partition coefficient (Wildman–Crippen LogP) is 1.78. The van der Waals surface area contributed by atoms with E-state index in [4.69, 9.17) is 0 Å². The summed E-state index contributed by atoms with van der Waals surface area (Å²) in [5, 5.41) is 13.3. The summed E-state index contributed by atoms with van der Waals surface area (Å²) < 4.78 is 17.7. The summed E-state index contributed by atoms with van der Waals surface area (Å²) in [6.45, 7) is 1.03. The monoisotopic (exact) mass is 454 g/mol. The predicted molar refractivity (Wildman–Crippen MR) is 123 cm³/mol. The number of hydrogen-bond acceptors (Lipinski definition) is 7. The highest BCUT2D eigenvalue weighted by Crippen LogP contribution is 2.25. The van der Waals surface area contributed by atoms with Crippen LogP contribution in [-0.2, 0) is 0 Å².